The van der Waals surface area contributed by atoms with E-state index in [1.807, 2.05) is 0 Å². The predicted molar refractivity (Wildman–Crippen MR) is 117 cm³/mol. The van der Waals surface area contributed by atoms with Gasteiger partial charge in [0.25, 0.3) is 5.69 Å². The average Bonchev–Trinajstić information content (AvgIpc) is 2.78. The Morgan fingerprint density at radius 3 is 2.56 bits per heavy atom. The van der Waals surface area contributed by atoms with Crippen LogP contribution in [0.2, 0.25) is 5.02 Å². The Balaban J connectivity index is 1.43. The van der Waals surface area contributed by atoms with Crippen LogP contribution in [0.4, 0.5) is 5.69 Å². The van der Waals surface area contributed by atoms with E-state index >= 15 is 0 Å². The number of sulfonamides is 1. The number of piperazine rings is 1. The molecule has 1 fully saturated rings. The van der Waals surface area contributed by atoms with Crippen LogP contribution in [0, 0.1) is 23.0 Å². The SMILES string of the molecule is Cc1ccc([N+](=O)[O-])cc1S(=O)(=O)N1CCN(C(=O)C2COc3ccc(Cl)cc3C2)CC1. The zero-order valence-electron chi connectivity index (χ0n) is 17.4. The molecule has 9 nitrogen and oxygen atoms in total. The van der Waals surface area contributed by atoms with E-state index in [0.717, 1.165) is 17.4 Å². The van der Waals surface area contributed by atoms with Gasteiger partial charge in [0, 0.05) is 43.3 Å². The summed E-state index contributed by atoms with van der Waals surface area (Å²) in [4.78, 5) is 25.0. The van der Waals surface area contributed by atoms with E-state index in [0.29, 0.717) is 17.0 Å². The fourth-order valence-corrected chi connectivity index (χ4v) is 5.91. The zero-order chi connectivity index (χ0) is 23.0. The molecule has 2 aromatic carbocycles. The van der Waals surface area contributed by atoms with E-state index in [1.165, 1.54) is 16.4 Å². The van der Waals surface area contributed by atoms with Crippen molar-refractivity contribution in [1.29, 1.82) is 0 Å². The average molecular weight is 480 g/mol. The van der Waals surface area contributed by atoms with Crippen LogP contribution < -0.4 is 4.74 Å². The van der Waals surface area contributed by atoms with Crippen LogP contribution in [0.1, 0.15) is 11.1 Å². The van der Waals surface area contributed by atoms with Crippen LogP contribution >= 0.6 is 11.6 Å². The van der Waals surface area contributed by atoms with Gasteiger partial charge in [0.2, 0.25) is 15.9 Å². The molecule has 0 aliphatic carbocycles. The van der Waals surface area contributed by atoms with E-state index in [1.54, 1.807) is 30.0 Å². The first-order valence-electron chi connectivity index (χ1n) is 10.1. The van der Waals surface area contributed by atoms with Gasteiger partial charge in [-0.1, -0.05) is 17.7 Å². The van der Waals surface area contributed by atoms with Crippen molar-refractivity contribution in [3.63, 3.8) is 0 Å². The maximum Gasteiger partial charge on any atom is 0.270 e. The first-order chi connectivity index (χ1) is 15.2. The molecule has 0 bridgehead atoms. The Hall–Kier alpha value is -2.69. The second-order valence-electron chi connectivity index (χ2n) is 7.90. The van der Waals surface area contributed by atoms with Crippen LogP contribution in [0.15, 0.2) is 41.3 Å². The summed E-state index contributed by atoms with van der Waals surface area (Å²) in [5, 5.41) is 11.6. The summed E-state index contributed by atoms with van der Waals surface area (Å²) in [6.07, 6.45) is 0.514. The van der Waals surface area contributed by atoms with Gasteiger partial charge in [-0.3, -0.25) is 14.9 Å². The summed E-state index contributed by atoms with van der Waals surface area (Å²) in [5.74, 6) is 0.282. The monoisotopic (exact) mass is 479 g/mol. The minimum atomic E-state index is -3.92. The molecule has 1 amide bonds. The minimum absolute atomic E-state index is 0.0827. The second-order valence-corrected chi connectivity index (χ2v) is 10.2. The van der Waals surface area contributed by atoms with Crippen molar-refractivity contribution in [3.8, 4) is 5.75 Å². The van der Waals surface area contributed by atoms with Crippen molar-refractivity contribution in [2.45, 2.75) is 18.2 Å². The minimum Gasteiger partial charge on any atom is -0.492 e. The highest BCUT2D eigenvalue weighted by Gasteiger charge is 2.35. The number of benzene rings is 2. The lowest BCUT2D eigenvalue weighted by molar-refractivity contribution is -0.385. The Bertz CT molecular complexity index is 1180. The number of fused-ring (bicyclic) bond motifs is 1. The van der Waals surface area contributed by atoms with Gasteiger partial charge in [-0.2, -0.15) is 4.31 Å². The number of nitro benzene ring substituents is 1. The number of carbonyl (C=O) groups is 1. The Morgan fingerprint density at radius 2 is 1.88 bits per heavy atom. The summed E-state index contributed by atoms with van der Waals surface area (Å²) < 4.78 is 33.2. The molecular weight excluding hydrogens is 458 g/mol. The van der Waals surface area contributed by atoms with Crippen molar-refractivity contribution in [2.75, 3.05) is 32.8 Å². The first-order valence-corrected chi connectivity index (χ1v) is 11.9. The lowest BCUT2D eigenvalue weighted by Gasteiger charge is -2.36. The third-order valence-corrected chi connectivity index (χ3v) is 8.10. The summed E-state index contributed by atoms with van der Waals surface area (Å²) in [5.41, 5.74) is 1.04. The van der Waals surface area contributed by atoms with E-state index < -0.39 is 14.9 Å². The van der Waals surface area contributed by atoms with Gasteiger partial charge in [-0.25, -0.2) is 8.42 Å². The predicted octanol–water partition coefficient (Wildman–Crippen LogP) is 2.64. The van der Waals surface area contributed by atoms with Crippen molar-refractivity contribution in [1.82, 2.24) is 9.21 Å². The molecule has 1 saturated heterocycles. The number of hydrogen-bond donors (Lipinski definition) is 0. The number of ether oxygens (including phenoxy) is 1. The van der Waals surface area contributed by atoms with Gasteiger partial charge in [0.05, 0.1) is 15.7 Å². The number of nitrogens with zero attached hydrogens (tertiary/aromatic N) is 3. The first kappa shape index (κ1) is 22.5. The van der Waals surface area contributed by atoms with Crippen LogP contribution in [-0.4, -0.2) is 61.2 Å². The summed E-state index contributed by atoms with van der Waals surface area (Å²) in [7, 11) is -3.92. The van der Waals surface area contributed by atoms with E-state index in [-0.39, 0.29) is 55.2 Å². The van der Waals surface area contributed by atoms with Crippen LogP contribution in [0.5, 0.6) is 5.75 Å². The number of halogens is 1. The largest absolute Gasteiger partial charge is 0.492 e. The third kappa shape index (κ3) is 4.30. The maximum atomic E-state index is 13.1. The molecule has 0 radical (unpaired) electrons. The van der Waals surface area contributed by atoms with Crippen LogP contribution in [-0.2, 0) is 21.2 Å². The Kier molecular flexibility index (Phi) is 6.11. The molecule has 0 spiro atoms. The molecule has 2 aromatic rings. The van der Waals surface area contributed by atoms with E-state index in [9.17, 15) is 23.3 Å². The molecule has 2 heterocycles. The summed E-state index contributed by atoms with van der Waals surface area (Å²) in [6.45, 7) is 2.58. The number of carbonyl (C=O) groups excluding carboxylic acids is 1. The summed E-state index contributed by atoms with van der Waals surface area (Å²) >= 11 is 6.05. The number of rotatable bonds is 4. The standard InChI is InChI=1S/C21H22ClN3O6S/c1-14-2-4-18(25(27)28)12-20(14)32(29,30)24-8-6-23(7-9-24)21(26)16-10-15-11-17(22)3-5-19(15)31-13-16/h2-5,11-12,16H,6-10,13H2,1H3. The smallest absolute Gasteiger partial charge is 0.270 e. The lowest BCUT2D eigenvalue weighted by atomic mass is 9.95. The van der Waals surface area contributed by atoms with Gasteiger partial charge in [-0.15, -0.1) is 0 Å². The van der Waals surface area contributed by atoms with Crippen molar-refractivity contribution in [3.05, 3.63) is 62.7 Å². The highest BCUT2D eigenvalue weighted by molar-refractivity contribution is 7.89. The number of amides is 1. The van der Waals surface area contributed by atoms with Crippen LogP contribution in [0.25, 0.3) is 0 Å². The highest BCUT2D eigenvalue weighted by atomic mass is 35.5. The van der Waals surface area contributed by atoms with Crippen molar-refractivity contribution >= 4 is 33.2 Å². The maximum absolute atomic E-state index is 13.1. The Morgan fingerprint density at radius 1 is 1.16 bits per heavy atom. The molecule has 0 N–H and O–H groups in total. The molecule has 2 aliphatic rings. The summed E-state index contributed by atoms with van der Waals surface area (Å²) in [6, 6.07) is 9.12. The molecule has 1 atom stereocenters. The quantitative estimate of drug-likeness (QED) is 0.492. The van der Waals surface area contributed by atoms with Gasteiger partial charge >= 0.3 is 0 Å². The van der Waals surface area contributed by atoms with E-state index in [2.05, 4.69) is 0 Å². The second kappa shape index (κ2) is 8.68. The molecule has 2 aliphatic heterocycles. The van der Waals surface area contributed by atoms with E-state index in [4.69, 9.17) is 16.3 Å². The Labute approximate surface area is 190 Å². The number of non-ortho nitro benzene ring substituents is 1. The number of hydrogen-bond acceptors (Lipinski definition) is 6. The van der Waals surface area contributed by atoms with Crippen molar-refractivity contribution in [2.24, 2.45) is 5.92 Å². The molecule has 170 valence electrons. The number of aryl methyl sites for hydroxylation is 1. The third-order valence-electron chi connectivity index (χ3n) is 5.83. The number of nitro groups is 1. The molecule has 32 heavy (non-hydrogen) atoms. The molecule has 0 aromatic heterocycles. The van der Waals surface area contributed by atoms with Crippen LogP contribution in [0.3, 0.4) is 0 Å². The topological polar surface area (TPSA) is 110 Å². The lowest BCUT2D eigenvalue weighted by Crippen LogP contribution is -2.53. The normalized spacial score (nSPS) is 19.2. The molecule has 4 rings (SSSR count). The molecule has 0 saturated carbocycles. The fourth-order valence-electron chi connectivity index (χ4n) is 4.05. The van der Waals surface area contributed by atoms with Gasteiger partial charge in [-0.05, 0) is 42.7 Å². The van der Waals surface area contributed by atoms with Gasteiger partial charge in [0.15, 0.2) is 0 Å². The highest BCUT2D eigenvalue weighted by Crippen LogP contribution is 2.31. The van der Waals surface area contributed by atoms with Gasteiger partial charge in [0.1, 0.15) is 12.4 Å². The molecule has 1 unspecified atom stereocenters. The zero-order valence-corrected chi connectivity index (χ0v) is 18.9. The van der Waals surface area contributed by atoms with Gasteiger partial charge < -0.3 is 9.64 Å². The fraction of sp³-hybridized carbons (Fsp3) is 0.381. The molecular formula is C21H22ClN3O6S. The van der Waals surface area contributed by atoms with Crippen molar-refractivity contribution < 1.29 is 22.9 Å². The molecule has 11 heteroatoms.